The summed E-state index contributed by atoms with van der Waals surface area (Å²) in [5, 5.41) is 6.93. The van der Waals surface area contributed by atoms with Gasteiger partial charge in [0.2, 0.25) is 0 Å². The van der Waals surface area contributed by atoms with Crippen LogP contribution in [0, 0.1) is 5.82 Å². The van der Waals surface area contributed by atoms with Crippen LogP contribution >= 0.6 is 24.0 Å². The molecule has 1 aliphatic rings. The van der Waals surface area contributed by atoms with E-state index in [2.05, 4.69) is 34.4 Å². The van der Waals surface area contributed by atoms with E-state index < -0.39 is 0 Å². The van der Waals surface area contributed by atoms with Gasteiger partial charge in [0.25, 0.3) is 0 Å². The van der Waals surface area contributed by atoms with Gasteiger partial charge in [0.15, 0.2) is 5.96 Å². The summed E-state index contributed by atoms with van der Waals surface area (Å²) in [6.07, 6.45) is 2.27. The molecule has 2 aromatic carbocycles. The molecule has 0 unspecified atom stereocenters. The molecule has 30 heavy (non-hydrogen) atoms. The summed E-state index contributed by atoms with van der Waals surface area (Å²) < 4.78 is 18.7. The molecule has 1 saturated heterocycles. The summed E-state index contributed by atoms with van der Waals surface area (Å²) in [6.45, 7) is 7.44. The third kappa shape index (κ3) is 7.43. The zero-order valence-corrected chi connectivity index (χ0v) is 20.2. The van der Waals surface area contributed by atoms with Crippen LogP contribution in [-0.4, -0.2) is 43.1 Å². The maximum Gasteiger partial charge on any atom is 0.191 e. The van der Waals surface area contributed by atoms with Crippen molar-refractivity contribution in [3.05, 3.63) is 59.9 Å². The quantitative estimate of drug-likeness (QED) is 0.324. The van der Waals surface area contributed by atoms with Crippen LogP contribution in [0.5, 0.6) is 11.5 Å². The van der Waals surface area contributed by atoms with Crippen molar-refractivity contribution >= 4 is 29.9 Å². The summed E-state index contributed by atoms with van der Waals surface area (Å²) in [6, 6.07) is 14.9. The lowest BCUT2D eigenvalue weighted by Crippen LogP contribution is -2.49. The van der Waals surface area contributed by atoms with Gasteiger partial charge in [-0.05, 0) is 68.7 Å². The second-order valence-electron chi connectivity index (χ2n) is 7.67. The molecular formula is C23H32FIN4O. The number of guanidine groups is 1. The number of benzene rings is 2. The average molecular weight is 526 g/mol. The first-order valence-electron chi connectivity index (χ1n) is 10.3. The van der Waals surface area contributed by atoms with E-state index in [4.69, 9.17) is 4.74 Å². The maximum absolute atomic E-state index is 13.0. The van der Waals surface area contributed by atoms with Crippen LogP contribution in [0.25, 0.3) is 0 Å². The van der Waals surface area contributed by atoms with Gasteiger partial charge in [-0.2, -0.15) is 0 Å². The first-order chi connectivity index (χ1) is 14.0. The molecule has 7 heteroatoms. The monoisotopic (exact) mass is 526 g/mol. The van der Waals surface area contributed by atoms with Crippen molar-refractivity contribution in [1.82, 2.24) is 15.5 Å². The topological polar surface area (TPSA) is 48.9 Å². The van der Waals surface area contributed by atoms with Crippen LogP contribution in [0.2, 0.25) is 0 Å². The number of nitrogens with zero attached hydrogens (tertiary/aromatic N) is 2. The van der Waals surface area contributed by atoms with E-state index in [-0.39, 0.29) is 29.8 Å². The molecule has 0 atom stereocenters. The van der Waals surface area contributed by atoms with E-state index in [1.165, 1.54) is 12.1 Å². The minimum Gasteiger partial charge on any atom is -0.457 e. The molecule has 2 N–H and O–H groups in total. The zero-order valence-electron chi connectivity index (χ0n) is 17.9. The van der Waals surface area contributed by atoms with Gasteiger partial charge in [-0.1, -0.05) is 12.1 Å². The Hall–Kier alpha value is -1.87. The number of rotatable bonds is 6. The Balaban J connectivity index is 0.00000320. The fourth-order valence-corrected chi connectivity index (χ4v) is 3.45. The number of aliphatic imine (C=N–C) groups is 1. The zero-order chi connectivity index (χ0) is 20.6. The molecule has 1 aliphatic heterocycles. The largest absolute Gasteiger partial charge is 0.457 e. The molecule has 0 amide bonds. The fraction of sp³-hybridized carbons (Fsp3) is 0.435. The predicted octanol–water partition coefficient (Wildman–Crippen LogP) is 4.77. The van der Waals surface area contributed by atoms with Gasteiger partial charge in [-0.15, -0.1) is 24.0 Å². The molecule has 1 heterocycles. The molecule has 1 fully saturated rings. The molecular weight excluding hydrogens is 494 g/mol. The van der Waals surface area contributed by atoms with Crippen LogP contribution in [0.3, 0.4) is 0 Å². The van der Waals surface area contributed by atoms with Crippen molar-refractivity contribution in [2.24, 2.45) is 4.99 Å². The molecule has 0 saturated carbocycles. The highest BCUT2D eigenvalue weighted by molar-refractivity contribution is 14.0. The lowest BCUT2D eigenvalue weighted by molar-refractivity contribution is 0.167. The highest BCUT2D eigenvalue weighted by Gasteiger charge is 2.21. The molecule has 3 rings (SSSR count). The van der Waals surface area contributed by atoms with E-state index in [9.17, 15) is 4.39 Å². The predicted molar refractivity (Wildman–Crippen MR) is 131 cm³/mol. The Labute approximate surface area is 196 Å². The molecule has 5 nitrogen and oxygen atoms in total. The third-order valence-corrected chi connectivity index (χ3v) is 5.26. The second-order valence-corrected chi connectivity index (χ2v) is 7.67. The van der Waals surface area contributed by atoms with E-state index in [1.54, 1.807) is 19.2 Å². The molecule has 164 valence electrons. The van der Waals surface area contributed by atoms with Crippen LogP contribution in [-0.2, 0) is 6.54 Å². The van der Waals surface area contributed by atoms with Gasteiger partial charge in [0.1, 0.15) is 17.3 Å². The fourth-order valence-electron chi connectivity index (χ4n) is 3.45. The molecule has 0 bridgehead atoms. The van der Waals surface area contributed by atoms with Gasteiger partial charge in [-0.25, -0.2) is 4.39 Å². The van der Waals surface area contributed by atoms with Crippen LogP contribution in [0.15, 0.2) is 53.5 Å². The van der Waals surface area contributed by atoms with Crippen molar-refractivity contribution in [1.29, 1.82) is 0 Å². The van der Waals surface area contributed by atoms with Crippen LogP contribution < -0.4 is 15.4 Å². The maximum atomic E-state index is 13.0. The smallest absolute Gasteiger partial charge is 0.191 e. The summed E-state index contributed by atoms with van der Waals surface area (Å²) in [5.41, 5.74) is 1.13. The van der Waals surface area contributed by atoms with E-state index in [1.807, 2.05) is 24.3 Å². The molecule has 0 aliphatic carbocycles. The minimum atomic E-state index is -0.272. The Bertz CT molecular complexity index is 788. The average Bonchev–Trinajstić information content (AvgIpc) is 2.74. The van der Waals surface area contributed by atoms with Gasteiger partial charge < -0.3 is 20.3 Å². The molecule has 0 radical (unpaired) electrons. The summed E-state index contributed by atoms with van der Waals surface area (Å²) in [5.74, 6) is 1.90. The van der Waals surface area contributed by atoms with Crippen molar-refractivity contribution < 1.29 is 9.13 Å². The SMILES string of the molecule is CN=C(NCc1ccc(Oc2ccc(F)cc2)cc1)NC1CCN(C(C)C)CC1.I. The number of hydrogen-bond donors (Lipinski definition) is 2. The normalized spacial score (nSPS) is 15.6. The number of hydrogen-bond acceptors (Lipinski definition) is 3. The number of piperidine rings is 1. The van der Waals surface area contributed by atoms with Crippen molar-refractivity contribution in [2.45, 2.75) is 45.3 Å². The first kappa shape index (κ1) is 24.4. The van der Waals surface area contributed by atoms with E-state index in [0.29, 0.717) is 24.4 Å². The van der Waals surface area contributed by atoms with Crippen molar-refractivity contribution in [3.8, 4) is 11.5 Å². The van der Waals surface area contributed by atoms with Crippen LogP contribution in [0.4, 0.5) is 4.39 Å². The van der Waals surface area contributed by atoms with Crippen molar-refractivity contribution in [3.63, 3.8) is 0 Å². The Morgan fingerprint density at radius 2 is 1.63 bits per heavy atom. The van der Waals surface area contributed by atoms with Gasteiger partial charge in [-0.3, -0.25) is 4.99 Å². The number of likely N-dealkylation sites (tertiary alicyclic amines) is 1. The van der Waals surface area contributed by atoms with Gasteiger partial charge in [0, 0.05) is 38.8 Å². The van der Waals surface area contributed by atoms with Crippen molar-refractivity contribution in [2.75, 3.05) is 20.1 Å². The lowest BCUT2D eigenvalue weighted by atomic mass is 10.0. The number of halogens is 2. The third-order valence-electron chi connectivity index (χ3n) is 5.26. The summed E-state index contributed by atoms with van der Waals surface area (Å²) in [4.78, 5) is 6.88. The molecule has 0 spiro atoms. The van der Waals surface area contributed by atoms with E-state index >= 15 is 0 Å². The number of nitrogens with one attached hydrogen (secondary N) is 2. The standard InChI is InChI=1S/C23H31FN4O.HI/c1-17(2)28-14-12-20(13-15-28)27-23(25-3)26-16-18-4-8-21(9-5-18)29-22-10-6-19(24)7-11-22;/h4-11,17,20H,12-16H2,1-3H3,(H2,25,26,27);1H. The van der Waals surface area contributed by atoms with Gasteiger partial charge in [0.05, 0.1) is 0 Å². The van der Waals surface area contributed by atoms with E-state index in [0.717, 1.165) is 43.2 Å². The molecule has 0 aromatic heterocycles. The lowest BCUT2D eigenvalue weighted by Gasteiger charge is -2.35. The highest BCUT2D eigenvalue weighted by Crippen LogP contribution is 2.21. The highest BCUT2D eigenvalue weighted by atomic mass is 127. The second kappa shape index (κ2) is 12.1. The van der Waals surface area contributed by atoms with Gasteiger partial charge >= 0.3 is 0 Å². The van der Waals surface area contributed by atoms with Crippen LogP contribution in [0.1, 0.15) is 32.3 Å². The summed E-state index contributed by atoms with van der Waals surface area (Å²) in [7, 11) is 1.80. The first-order valence-corrected chi connectivity index (χ1v) is 10.3. The molecule has 2 aromatic rings. The number of ether oxygens (including phenoxy) is 1. The Morgan fingerprint density at radius 1 is 1.07 bits per heavy atom. The Morgan fingerprint density at radius 3 is 2.17 bits per heavy atom. The summed E-state index contributed by atoms with van der Waals surface area (Å²) >= 11 is 0. The minimum absolute atomic E-state index is 0. The Kier molecular flexibility index (Phi) is 9.84.